The summed E-state index contributed by atoms with van der Waals surface area (Å²) in [5, 5.41) is 3.23. The van der Waals surface area contributed by atoms with Crippen LogP contribution in [0.15, 0.2) is 10.7 Å². The van der Waals surface area contributed by atoms with Crippen molar-refractivity contribution in [1.82, 2.24) is 10.3 Å². The van der Waals surface area contributed by atoms with Crippen molar-refractivity contribution in [2.45, 2.75) is 46.2 Å². The third-order valence-electron chi connectivity index (χ3n) is 2.77. The predicted molar refractivity (Wildman–Crippen MR) is 66.7 cm³/mol. The van der Waals surface area contributed by atoms with Crippen molar-refractivity contribution in [3.8, 4) is 0 Å². The van der Waals surface area contributed by atoms with Gasteiger partial charge in [-0.3, -0.25) is 0 Å². The monoisotopic (exact) mass is 225 g/mol. The molecule has 1 rings (SSSR count). The van der Waals surface area contributed by atoms with Crippen LogP contribution in [0.2, 0.25) is 0 Å². The molecule has 1 aromatic heterocycles. The van der Waals surface area contributed by atoms with Gasteiger partial charge >= 0.3 is 0 Å². The molecule has 0 bridgehead atoms. The van der Waals surface area contributed by atoms with Crippen LogP contribution in [-0.4, -0.2) is 24.6 Å². The summed E-state index contributed by atoms with van der Waals surface area (Å²) in [5.74, 6) is 0. The first kappa shape index (κ1) is 13.0. The van der Waals surface area contributed by atoms with Crippen LogP contribution >= 0.6 is 0 Å². The Morgan fingerprint density at radius 2 is 2.25 bits per heavy atom. The highest BCUT2D eigenvalue weighted by molar-refractivity contribution is 5.26. The van der Waals surface area contributed by atoms with Crippen LogP contribution in [0.3, 0.4) is 0 Å². The molecule has 0 fully saturated rings. The molecule has 4 nitrogen and oxygen atoms in total. The van der Waals surface area contributed by atoms with Crippen molar-refractivity contribution in [3.63, 3.8) is 0 Å². The van der Waals surface area contributed by atoms with Gasteiger partial charge in [-0.05, 0) is 19.9 Å². The third kappa shape index (κ3) is 3.52. The number of anilines is 1. The lowest BCUT2D eigenvalue weighted by Gasteiger charge is -2.22. The molecular weight excluding hydrogens is 202 g/mol. The first-order valence-electron chi connectivity index (χ1n) is 6.07. The fraction of sp³-hybridized carbons (Fsp3) is 0.750. The van der Waals surface area contributed by atoms with Crippen LogP contribution in [0.5, 0.6) is 0 Å². The molecule has 1 unspecified atom stereocenters. The molecule has 0 aromatic carbocycles. The Bertz CT molecular complexity index is 298. The van der Waals surface area contributed by atoms with Crippen LogP contribution in [0.4, 0.5) is 6.01 Å². The minimum absolute atomic E-state index is 0.468. The zero-order valence-corrected chi connectivity index (χ0v) is 10.8. The summed E-state index contributed by atoms with van der Waals surface area (Å²) in [6.45, 7) is 8.19. The van der Waals surface area contributed by atoms with Crippen LogP contribution in [0, 0.1) is 0 Å². The SMILES string of the molecule is CCCC(C)N(C)c1nc(CNCC)co1. The molecule has 0 aliphatic heterocycles. The second-order valence-electron chi connectivity index (χ2n) is 4.15. The van der Waals surface area contributed by atoms with E-state index in [1.54, 1.807) is 6.26 Å². The quantitative estimate of drug-likeness (QED) is 0.773. The van der Waals surface area contributed by atoms with Crippen molar-refractivity contribution in [3.05, 3.63) is 12.0 Å². The lowest BCUT2D eigenvalue weighted by atomic mass is 10.2. The Balaban J connectivity index is 2.55. The topological polar surface area (TPSA) is 41.3 Å². The van der Waals surface area contributed by atoms with Gasteiger partial charge in [0.2, 0.25) is 0 Å². The predicted octanol–water partition coefficient (Wildman–Crippen LogP) is 2.41. The van der Waals surface area contributed by atoms with E-state index in [9.17, 15) is 0 Å². The normalized spacial score (nSPS) is 12.8. The number of oxazole rings is 1. The van der Waals surface area contributed by atoms with Gasteiger partial charge in [-0.2, -0.15) is 4.98 Å². The molecule has 4 heteroatoms. The Kier molecular flexibility index (Phi) is 5.32. The van der Waals surface area contributed by atoms with Gasteiger partial charge in [0.25, 0.3) is 6.01 Å². The molecule has 0 radical (unpaired) electrons. The van der Waals surface area contributed by atoms with Crippen molar-refractivity contribution in [2.75, 3.05) is 18.5 Å². The van der Waals surface area contributed by atoms with Crippen molar-refractivity contribution >= 4 is 6.01 Å². The van der Waals surface area contributed by atoms with E-state index in [0.29, 0.717) is 12.1 Å². The van der Waals surface area contributed by atoms with E-state index in [1.807, 2.05) is 7.05 Å². The largest absolute Gasteiger partial charge is 0.432 e. The highest BCUT2D eigenvalue weighted by Crippen LogP contribution is 2.16. The summed E-state index contributed by atoms with van der Waals surface area (Å²) >= 11 is 0. The fourth-order valence-electron chi connectivity index (χ4n) is 1.59. The highest BCUT2D eigenvalue weighted by Gasteiger charge is 2.14. The van der Waals surface area contributed by atoms with Crippen LogP contribution < -0.4 is 10.2 Å². The molecule has 0 aliphatic rings. The van der Waals surface area contributed by atoms with E-state index >= 15 is 0 Å². The molecule has 1 N–H and O–H groups in total. The van der Waals surface area contributed by atoms with Crippen LogP contribution in [0.1, 0.15) is 39.3 Å². The third-order valence-corrected chi connectivity index (χ3v) is 2.77. The van der Waals surface area contributed by atoms with Crippen molar-refractivity contribution < 1.29 is 4.42 Å². The number of rotatable bonds is 7. The van der Waals surface area contributed by atoms with Crippen LogP contribution in [0.25, 0.3) is 0 Å². The maximum absolute atomic E-state index is 5.47. The van der Waals surface area contributed by atoms with E-state index in [0.717, 1.165) is 25.2 Å². The molecule has 1 aromatic rings. The first-order chi connectivity index (χ1) is 7.69. The zero-order valence-electron chi connectivity index (χ0n) is 10.8. The van der Waals surface area contributed by atoms with Gasteiger partial charge < -0.3 is 14.6 Å². The average Bonchev–Trinajstić information content (AvgIpc) is 2.74. The van der Waals surface area contributed by atoms with Gasteiger partial charge in [0.15, 0.2) is 0 Å². The second-order valence-corrected chi connectivity index (χ2v) is 4.15. The van der Waals surface area contributed by atoms with E-state index in [2.05, 4.69) is 36.0 Å². The number of aromatic nitrogens is 1. The number of nitrogens with zero attached hydrogens (tertiary/aromatic N) is 2. The van der Waals surface area contributed by atoms with Crippen LogP contribution in [-0.2, 0) is 6.54 Å². The molecule has 1 heterocycles. The summed E-state index contributed by atoms with van der Waals surface area (Å²) in [6.07, 6.45) is 4.06. The van der Waals surface area contributed by atoms with E-state index in [-0.39, 0.29) is 0 Å². The molecule has 0 saturated carbocycles. The lowest BCUT2D eigenvalue weighted by molar-refractivity contribution is 0.506. The maximum Gasteiger partial charge on any atom is 0.297 e. The molecule has 0 spiro atoms. The summed E-state index contributed by atoms with van der Waals surface area (Å²) in [7, 11) is 2.03. The maximum atomic E-state index is 5.47. The number of nitrogens with one attached hydrogen (secondary N) is 1. The van der Waals surface area contributed by atoms with Crippen molar-refractivity contribution in [2.24, 2.45) is 0 Å². The Morgan fingerprint density at radius 3 is 2.88 bits per heavy atom. The van der Waals surface area contributed by atoms with E-state index < -0.39 is 0 Å². The van der Waals surface area contributed by atoms with Gasteiger partial charge in [0.05, 0.1) is 5.69 Å². The summed E-state index contributed by atoms with van der Waals surface area (Å²) < 4.78 is 5.47. The minimum Gasteiger partial charge on any atom is -0.432 e. The van der Waals surface area contributed by atoms with Gasteiger partial charge in [-0.1, -0.05) is 20.3 Å². The number of hydrogen-bond acceptors (Lipinski definition) is 4. The van der Waals surface area contributed by atoms with Gasteiger partial charge in [-0.15, -0.1) is 0 Å². The van der Waals surface area contributed by atoms with E-state index in [4.69, 9.17) is 4.42 Å². The molecule has 92 valence electrons. The molecule has 0 aliphatic carbocycles. The fourth-order valence-corrected chi connectivity index (χ4v) is 1.59. The standard InChI is InChI=1S/C12H23N3O/c1-5-7-10(3)15(4)12-14-11(9-16-12)8-13-6-2/h9-10,13H,5-8H2,1-4H3. The average molecular weight is 225 g/mol. The van der Waals surface area contributed by atoms with Crippen molar-refractivity contribution in [1.29, 1.82) is 0 Å². The van der Waals surface area contributed by atoms with Gasteiger partial charge in [-0.25, -0.2) is 0 Å². The number of hydrogen-bond donors (Lipinski definition) is 1. The molecule has 1 atom stereocenters. The van der Waals surface area contributed by atoms with Gasteiger partial charge in [0.1, 0.15) is 6.26 Å². The minimum atomic E-state index is 0.468. The smallest absolute Gasteiger partial charge is 0.297 e. The van der Waals surface area contributed by atoms with E-state index in [1.165, 1.54) is 6.42 Å². The summed E-state index contributed by atoms with van der Waals surface area (Å²) in [6, 6.07) is 1.18. The Labute approximate surface area is 98.0 Å². The zero-order chi connectivity index (χ0) is 12.0. The van der Waals surface area contributed by atoms with Gasteiger partial charge in [0, 0.05) is 19.6 Å². The first-order valence-corrected chi connectivity index (χ1v) is 6.07. The molecular formula is C12H23N3O. The lowest BCUT2D eigenvalue weighted by Crippen LogP contribution is -2.28. The second kappa shape index (κ2) is 6.53. The molecule has 0 saturated heterocycles. The summed E-state index contributed by atoms with van der Waals surface area (Å²) in [5.41, 5.74) is 0.965. The highest BCUT2D eigenvalue weighted by atomic mass is 16.4. The summed E-state index contributed by atoms with van der Waals surface area (Å²) in [4.78, 5) is 6.54. The molecule has 0 amide bonds. The Morgan fingerprint density at radius 1 is 1.50 bits per heavy atom. The Hall–Kier alpha value is -1.03. The molecule has 16 heavy (non-hydrogen) atoms.